The largest absolute Gasteiger partial charge is 0.393 e. The molecule has 1 saturated heterocycles. The minimum absolute atomic E-state index is 0.274. The van der Waals surface area contributed by atoms with E-state index in [0.29, 0.717) is 11.1 Å². The molecule has 0 spiro atoms. The fourth-order valence-electron chi connectivity index (χ4n) is 1.37. The van der Waals surface area contributed by atoms with Gasteiger partial charge in [-0.05, 0) is 12.8 Å². The highest BCUT2D eigenvalue weighted by Gasteiger charge is 2.15. The van der Waals surface area contributed by atoms with Crippen molar-refractivity contribution in [3.8, 4) is 0 Å². The molecule has 4 heteroatoms. The van der Waals surface area contributed by atoms with Crippen LogP contribution in [-0.4, -0.2) is 30.8 Å². The van der Waals surface area contributed by atoms with Gasteiger partial charge in [-0.15, -0.1) is 0 Å². The Morgan fingerprint density at radius 1 is 1.77 bits per heavy atom. The van der Waals surface area contributed by atoms with Crippen LogP contribution in [-0.2, 0) is 4.74 Å². The topological polar surface area (TPSA) is 47.3 Å². The van der Waals surface area contributed by atoms with E-state index in [0.717, 1.165) is 19.7 Å². The minimum atomic E-state index is 0.274. The van der Waals surface area contributed by atoms with Gasteiger partial charge >= 0.3 is 0 Å². The van der Waals surface area contributed by atoms with E-state index in [2.05, 4.69) is 5.32 Å². The van der Waals surface area contributed by atoms with Crippen molar-refractivity contribution in [1.82, 2.24) is 5.32 Å². The van der Waals surface area contributed by atoms with Gasteiger partial charge < -0.3 is 15.8 Å². The lowest BCUT2D eigenvalue weighted by atomic mass is 10.2. The molecule has 0 aromatic carbocycles. The Morgan fingerprint density at radius 3 is 3.08 bits per heavy atom. The molecule has 1 aliphatic rings. The van der Waals surface area contributed by atoms with Crippen LogP contribution in [0.5, 0.6) is 0 Å². The normalized spacial score (nSPS) is 24.5. The van der Waals surface area contributed by atoms with Crippen LogP contribution >= 0.6 is 12.2 Å². The average Bonchev–Trinajstić information content (AvgIpc) is 2.56. The second-order valence-electron chi connectivity index (χ2n) is 3.60. The van der Waals surface area contributed by atoms with Gasteiger partial charge in [-0.25, -0.2) is 0 Å². The molecule has 3 N–H and O–H groups in total. The summed E-state index contributed by atoms with van der Waals surface area (Å²) in [5.41, 5.74) is 5.49. The van der Waals surface area contributed by atoms with Gasteiger partial charge in [0.1, 0.15) is 0 Å². The van der Waals surface area contributed by atoms with Gasteiger partial charge in [-0.3, -0.25) is 0 Å². The molecular weight excluding hydrogens is 184 g/mol. The van der Waals surface area contributed by atoms with Crippen molar-refractivity contribution in [2.24, 2.45) is 11.7 Å². The Labute approximate surface area is 85.0 Å². The number of thiocarbonyl (C=S) groups is 1. The molecule has 0 aromatic heterocycles. The van der Waals surface area contributed by atoms with Crippen molar-refractivity contribution in [1.29, 1.82) is 0 Å². The lowest BCUT2D eigenvalue weighted by molar-refractivity contribution is 0.110. The molecule has 0 aliphatic carbocycles. The standard InChI is InChI=1S/C9H18N2OS/c1-7(9(10)13)5-11-6-8-3-2-4-12-8/h7-8,11H,2-6H2,1H3,(H2,10,13). The zero-order chi connectivity index (χ0) is 9.68. The summed E-state index contributed by atoms with van der Waals surface area (Å²) in [7, 11) is 0. The van der Waals surface area contributed by atoms with Gasteiger partial charge in [0.15, 0.2) is 0 Å². The SMILES string of the molecule is CC(CNCC1CCCO1)C(N)=S. The third-order valence-corrected chi connectivity index (χ3v) is 2.73. The molecule has 0 aromatic rings. The average molecular weight is 202 g/mol. The summed E-state index contributed by atoms with van der Waals surface area (Å²) in [6, 6.07) is 0. The Kier molecular flexibility index (Phi) is 4.62. The smallest absolute Gasteiger partial charge is 0.0768 e. The van der Waals surface area contributed by atoms with Crippen LogP contribution in [0.25, 0.3) is 0 Å². The minimum Gasteiger partial charge on any atom is -0.393 e. The van der Waals surface area contributed by atoms with E-state index < -0.39 is 0 Å². The second kappa shape index (κ2) is 5.52. The number of ether oxygens (including phenoxy) is 1. The summed E-state index contributed by atoms with van der Waals surface area (Å²) >= 11 is 4.87. The molecule has 13 heavy (non-hydrogen) atoms. The van der Waals surface area contributed by atoms with Crippen molar-refractivity contribution in [2.45, 2.75) is 25.9 Å². The van der Waals surface area contributed by atoms with Crippen molar-refractivity contribution in [2.75, 3.05) is 19.7 Å². The van der Waals surface area contributed by atoms with Gasteiger partial charge in [0.2, 0.25) is 0 Å². The van der Waals surface area contributed by atoms with E-state index in [1.165, 1.54) is 12.8 Å². The molecule has 0 bridgehead atoms. The summed E-state index contributed by atoms with van der Waals surface area (Å²) in [6.45, 7) is 4.73. The lowest BCUT2D eigenvalue weighted by Crippen LogP contribution is -2.34. The van der Waals surface area contributed by atoms with Crippen LogP contribution in [0.3, 0.4) is 0 Å². The van der Waals surface area contributed by atoms with E-state index in [1.807, 2.05) is 6.92 Å². The monoisotopic (exact) mass is 202 g/mol. The molecule has 1 aliphatic heterocycles. The fraction of sp³-hybridized carbons (Fsp3) is 0.889. The molecule has 0 saturated carbocycles. The quantitative estimate of drug-likeness (QED) is 0.644. The zero-order valence-corrected chi connectivity index (χ0v) is 8.90. The maximum atomic E-state index is 5.49. The van der Waals surface area contributed by atoms with Gasteiger partial charge in [0.25, 0.3) is 0 Å². The highest BCUT2D eigenvalue weighted by molar-refractivity contribution is 7.80. The summed E-state index contributed by atoms with van der Waals surface area (Å²) < 4.78 is 5.47. The fourth-order valence-corrected chi connectivity index (χ4v) is 1.45. The number of hydrogen-bond acceptors (Lipinski definition) is 3. The molecule has 76 valence electrons. The number of nitrogens with one attached hydrogen (secondary N) is 1. The first-order valence-corrected chi connectivity index (χ1v) is 5.22. The third-order valence-electron chi connectivity index (χ3n) is 2.33. The summed E-state index contributed by atoms with van der Waals surface area (Å²) in [5.74, 6) is 0.274. The zero-order valence-electron chi connectivity index (χ0n) is 8.08. The summed E-state index contributed by atoms with van der Waals surface area (Å²) in [4.78, 5) is 0.583. The Morgan fingerprint density at radius 2 is 2.54 bits per heavy atom. The third kappa shape index (κ3) is 4.02. The Hall–Kier alpha value is -0.190. The van der Waals surface area contributed by atoms with E-state index in [-0.39, 0.29) is 5.92 Å². The lowest BCUT2D eigenvalue weighted by Gasteiger charge is -2.13. The van der Waals surface area contributed by atoms with Crippen molar-refractivity contribution >= 4 is 17.2 Å². The van der Waals surface area contributed by atoms with Crippen molar-refractivity contribution in [3.63, 3.8) is 0 Å². The van der Waals surface area contributed by atoms with Gasteiger partial charge in [0.05, 0.1) is 11.1 Å². The van der Waals surface area contributed by atoms with Crippen LogP contribution in [0, 0.1) is 5.92 Å². The Bertz CT molecular complexity index is 169. The van der Waals surface area contributed by atoms with Gasteiger partial charge in [-0.2, -0.15) is 0 Å². The molecule has 3 nitrogen and oxygen atoms in total. The van der Waals surface area contributed by atoms with E-state index in [1.54, 1.807) is 0 Å². The van der Waals surface area contributed by atoms with Crippen LogP contribution in [0.4, 0.5) is 0 Å². The van der Waals surface area contributed by atoms with Crippen molar-refractivity contribution in [3.05, 3.63) is 0 Å². The molecule has 2 unspecified atom stereocenters. The molecule has 1 heterocycles. The maximum absolute atomic E-state index is 5.49. The molecule has 1 rings (SSSR count). The molecular formula is C9H18N2OS. The van der Waals surface area contributed by atoms with E-state index in [9.17, 15) is 0 Å². The Balaban J connectivity index is 2.02. The van der Waals surface area contributed by atoms with E-state index >= 15 is 0 Å². The number of rotatable bonds is 5. The first-order chi connectivity index (χ1) is 6.20. The number of hydrogen-bond donors (Lipinski definition) is 2. The summed E-state index contributed by atoms with van der Waals surface area (Å²) in [6.07, 6.45) is 2.77. The van der Waals surface area contributed by atoms with Crippen LogP contribution in [0.1, 0.15) is 19.8 Å². The first kappa shape index (κ1) is 10.9. The highest BCUT2D eigenvalue weighted by atomic mass is 32.1. The molecule has 0 amide bonds. The van der Waals surface area contributed by atoms with Crippen LogP contribution in [0.2, 0.25) is 0 Å². The maximum Gasteiger partial charge on any atom is 0.0768 e. The van der Waals surface area contributed by atoms with Crippen LogP contribution in [0.15, 0.2) is 0 Å². The second-order valence-corrected chi connectivity index (χ2v) is 4.07. The van der Waals surface area contributed by atoms with Gasteiger partial charge in [-0.1, -0.05) is 19.1 Å². The predicted molar refractivity (Wildman–Crippen MR) is 57.8 cm³/mol. The molecule has 1 fully saturated rings. The molecule has 0 radical (unpaired) electrons. The predicted octanol–water partition coefficient (Wildman–Crippen LogP) is 0.677. The number of nitrogens with two attached hydrogens (primary N) is 1. The molecule has 2 atom stereocenters. The highest BCUT2D eigenvalue weighted by Crippen LogP contribution is 2.10. The summed E-state index contributed by atoms with van der Waals surface area (Å²) in [5, 5.41) is 3.32. The van der Waals surface area contributed by atoms with E-state index in [4.69, 9.17) is 22.7 Å². The van der Waals surface area contributed by atoms with Crippen LogP contribution < -0.4 is 11.1 Å². The van der Waals surface area contributed by atoms with Gasteiger partial charge in [0, 0.05) is 25.6 Å². The van der Waals surface area contributed by atoms with Crippen molar-refractivity contribution < 1.29 is 4.74 Å². The first-order valence-electron chi connectivity index (χ1n) is 4.82.